The van der Waals surface area contributed by atoms with Crippen molar-refractivity contribution >= 4 is 17.5 Å². The summed E-state index contributed by atoms with van der Waals surface area (Å²) in [5, 5.41) is 1.63. The van der Waals surface area contributed by atoms with E-state index >= 15 is 0 Å². The maximum absolute atomic E-state index is 11.2. The second-order valence-corrected chi connectivity index (χ2v) is 4.35. The number of hydrogen-bond acceptors (Lipinski definition) is 4. The van der Waals surface area contributed by atoms with Crippen molar-refractivity contribution in [3.8, 4) is 0 Å². The first-order valence-corrected chi connectivity index (χ1v) is 5.60. The van der Waals surface area contributed by atoms with E-state index in [2.05, 4.69) is 9.97 Å². The number of rotatable bonds is 3. The van der Waals surface area contributed by atoms with Crippen LogP contribution in [0.1, 0.15) is 17.3 Å². The Morgan fingerprint density at radius 3 is 2.81 bits per heavy atom. The van der Waals surface area contributed by atoms with Gasteiger partial charge in [-0.15, -0.1) is 0 Å². The SMILES string of the molecule is CC(=O)c1ccnc(Sc2nccn2C)c1. The van der Waals surface area contributed by atoms with Gasteiger partial charge in [-0.3, -0.25) is 4.79 Å². The molecule has 0 N–H and O–H groups in total. The lowest BCUT2D eigenvalue weighted by Crippen LogP contribution is -1.94. The lowest BCUT2D eigenvalue weighted by molar-refractivity contribution is 0.101. The lowest BCUT2D eigenvalue weighted by Gasteiger charge is -2.01. The number of aryl methyl sites for hydroxylation is 1. The Hall–Kier alpha value is -1.62. The molecule has 0 aliphatic heterocycles. The molecule has 0 radical (unpaired) electrons. The van der Waals surface area contributed by atoms with Gasteiger partial charge in [0.05, 0.1) is 0 Å². The zero-order valence-electron chi connectivity index (χ0n) is 9.04. The second-order valence-electron chi connectivity index (χ2n) is 3.36. The molecule has 82 valence electrons. The molecule has 2 rings (SSSR count). The van der Waals surface area contributed by atoms with Gasteiger partial charge in [0.25, 0.3) is 0 Å². The van der Waals surface area contributed by atoms with Crippen LogP contribution in [-0.2, 0) is 7.05 Å². The molecule has 16 heavy (non-hydrogen) atoms. The molecule has 0 amide bonds. The van der Waals surface area contributed by atoms with E-state index in [9.17, 15) is 4.79 Å². The molecule has 0 unspecified atom stereocenters. The molecule has 0 bridgehead atoms. The van der Waals surface area contributed by atoms with E-state index in [4.69, 9.17) is 0 Å². The normalized spacial score (nSPS) is 10.4. The maximum Gasteiger partial charge on any atom is 0.174 e. The third-order valence-corrected chi connectivity index (χ3v) is 3.12. The van der Waals surface area contributed by atoms with Crippen LogP contribution in [0.3, 0.4) is 0 Å². The lowest BCUT2D eigenvalue weighted by atomic mass is 10.2. The molecule has 0 fully saturated rings. The van der Waals surface area contributed by atoms with Crippen LogP contribution in [-0.4, -0.2) is 20.3 Å². The Morgan fingerprint density at radius 1 is 1.38 bits per heavy atom. The first-order chi connectivity index (χ1) is 7.66. The fourth-order valence-electron chi connectivity index (χ4n) is 1.23. The van der Waals surface area contributed by atoms with Crippen molar-refractivity contribution in [3.05, 3.63) is 36.3 Å². The summed E-state index contributed by atoms with van der Waals surface area (Å²) in [6.07, 6.45) is 5.25. The van der Waals surface area contributed by atoms with Crippen molar-refractivity contribution in [1.82, 2.24) is 14.5 Å². The average Bonchev–Trinajstić information content (AvgIpc) is 2.65. The topological polar surface area (TPSA) is 47.8 Å². The summed E-state index contributed by atoms with van der Waals surface area (Å²) >= 11 is 1.44. The van der Waals surface area contributed by atoms with Crippen LogP contribution in [0.25, 0.3) is 0 Å². The van der Waals surface area contributed by atoms with Crippen LogP contribution in [0.4, 0.5) is 0 Å². The predicted octanol–water partition coefficient (Wildman–Crippen LogP) is 2.17. The van der Waals surface area contributed by atoms with Gasteiger partial charge in [0.1, 0.15) is 5.03 Å². The van der Waals surface area contributed by atoms with Gasteiger partial charge in [0, 0.05) is 31.2 Å². The molecule has 2 heterocycles. The van der Waals surface area contributed by atoms with Crippen molar-refractivity contribution in [1.29, 1.82) is 0 Å². The number of hydrogen-bond donors (Lipinski definition) is 0. The van der Waals surface area contributed by atoms with E-state index in [0.717, 1.165) is 10.2 Å². The molecule has 0 aliphatic carbocycles. The van der Waals surface area contributed by atoms with E-state index in [1.165, 1.54) is 11.8 Å². The molecule has 0 aliphatic rings. The monoisotopic (exact) mass is 233 g/mol. The average molecular weight is 233 g/mol. The molecule has 2 aromatic rings. The zero-order valence-corrected chi connectivity index (χ0v) is 9.86. The molecular formula is C11H11N3OS. The number of aromatic nitrogens is 3. The van der Waals surface area contributed by atoms with Gasteiger partial charge in [-0.1, -0.05) is 0 Å². The minimum atomic E-state index is 0.0455. The molecule has 4 nitrogen and oxygen atoms in total. The van der Waals surface area contributed by atoms with Gasteiger partial charge in [-0.25, -0.2) is 9.97 Å². The molecule has 2 aromatic heterocycles. The van der Waals surface area contributed by atoms with Gasteiger partial charge in [0.2, 0.25) is 0 Å². The number of carbonyl (C=O) groups is 1. The Labute approximate surface area is 97.7 Å². The third-order valence-electron chi connectivity index (χ3n) is 2.11. The van der Waals surface area contributed by atoms with Crippen LogP contribution in [0.2, 0.25) is 0 Å². The van der Waals surface area contributed by atoms with Crippen molar-refractivity contribution in [2.75, 3.05) is 0 Å². The maximum atomic E-state index is 11.2. The minimum absolute atomic E-state index is 0.0455. The zero-order chi connectivity index (χ0) is 11.5. The molecule has 0 aromatic carbocycles. The number of nitrogens with zero attached hydrogens (tertiary/aromatic N) is 3. The van der Waals surface area contributed by atoms with Gasteiger partial charge >= 0.3 is 0 Å². The summed E-state index contributed by atoms with van der Waals surface area (Å²) in [5.41, 5.74) is 0.673. The Morgan fingerprint density at radius 2 is 2.19 bits per heavy atom. The van der Waals surface area contributed by atoms with Gasteiger partial charge in [-0.05, 0) is 30.8 Å². The second kappa shape index (κ2) is 4.49. The van der Waals surface area contributed by atoms with E-state index < -0.39 is 0 Å². The van der Waals surface area contributed by atoms with E-state index in [1.54, 1.807) is 31.5 Å². The van der Waals surface area contributed by atoms with Crippen molar-refractivity contribution in [2.24, 2.45) is 7.05 Å². The van der Waals surface area contributed by atoms with Crippen molar-refractivity contribution in [2.45, 2.75) is 17.1 Å². The Bertz CT molecular complexity index is 521. The number of ketones is 1. The highest BCUT2D eigenvalue weighted by atomic mass is 32.2. The van der Waals surface area contributed by atoms with Crippen molar-refractivity contribution < 1.29 is 4.79 Å². The molecule has 5 heteroatoms. The summed E-state index contributed by atoms with van der Waals surface area (Å²) < 4.78 is 1.91. The van der Waals surface area contributed by atoms with Gasteiger partial charge < -0.3 is 4.57 Å². The number of imidazole rings is 1. The quantitative estimate of drug-likeness (QED) is 0.762. The molecule has 0 saturated carbocycles. The van der Waals surface area contributed by atoms with Crippen LogP contribution in [0, 0.1) is 0 Å². The largest absolute Gasteiger partial charge is 0.329 e. The van der Waals surface area contributed by atoms with E-state index in [0.29, 0.717) is 5.56 Å². The fourth-order valence-corrected chi connectivity index (χ4v) is 2.03. The van der Waals surface area contributed by atoms with E-state index in [-0.39, 0.29) is 5.78 Å². The third kappa shape index (κ3) is 2.30. The Balaban J connectivity index is 2.25. The first kappa shape index (κ1) is 10.9. The molecular weight excluding hydrogens is 222 g/mol. The van der Waals surface area contributed by atoms with Crippen LogP contribution < -0.4 is 0 Å². The molecule has 0 spiro atoms. The summed E-state index contributed by atoms with van der Waals surface area (Å²) in [5.74, 6) is 0.0455. The van der Waals surface area contributed by atoms with Crippen molar-refractivity contribution in [3.63, 3.8) is 0 Å². The van der Waals surface area contributed by atoms with Crippen LogP contribution in [0.15, 0.2) is 40.9 Å². The summed E-state index contributed by atoms with van der Waals surface area (Å²) in [4.78, 5) is 19.6. The Kier molecular flexibility index (Phi) is 3.05. The predicted molar refractivity (Wildman–Crippen MR) is 61.6 cm³/mol. The summed E-state index contributed by atoms with van der Waals surface area (Å²) in [6, 6.07) is 3.49. The summed E-state index contributed by atoms with van der Waals surface area (Å²) in [7, 11) is 1.92. The smallest absolute Gasteiger partial charge is 0.174 e. The molecule has 0 saturated heterocycles. The fraction of sp³-hybridized carbons (Fsp3) is 0.182. The molecule has 0 atom stereocenters. The first-order valence-electron chi connectivity index (χ1n) is 4.79. The highest BCUT2D eigenvalue weighted by Gasteiger charge is 2.06. The van der Waals surface area contributed by atoms with Crippen LogP contribution >= 0.6 is 11.8 Å². The van der Waals surface area contributed by atoms with Crippen LogP contribution in [0.5, 0.6) is 0 Å². The highest BCUT2D eigenvalue weighted by molar-refractivity contribution is 7.99. The number of pyridine rings is 1. The highest BCUT2D eigenvalue weighted by Crippen LogP contribution is 2.24. The standard InChI is InChI=1S/C11H11N3OS/c1-8(15)9-3-4-12-10(7-9)16-11-13-5-6-14(11)2/h3-7H,1-2H3. The summed E-state index contributed by atoms with van der Waals surface area (Å²) in [6.45, 7) is 1.55. The number of Topliss-reactive ketones (excluding diaryl/α,β-unsaturated/α-hetero) is 1. The van der Waals surface area contributed by atoms with E-state index in [1.807, 2.05) is 17.8 Å². The van der Waals surface area contributed by atoms with Gasteiger partial charge in [0.15, 0.2) is 10.9 Å². The number of carbonyl (C=O) groups excluding carboxylic acids is 1. The van der Waals surface area contributed by atoms with Gasteiger partial charge in [-0.2, -0.15) is 0 Å². The minimum Gasteiger partial charge on any atom is -0.329 e.